The Bertz CT molecular complexity index is 469. The van der Waals surface area contributed by atoms with Crippen molar-refractivity contribution < 1.29 is 4.92 Å². The van der Waals surface area contributed by atoms with E-state index in [1.54, 1.807) is 12.1 Å². The lowest BCUT2D eigenvalue weighted by Crippen LogP contribution is -2.45. The molecule has 0 bridgehead atoms. The Morgan fingerprint density at radius 3 is 2.50 bits per heavy atom. The van der Waals surface area contributed by atoms with Gasteiger partial charge >= 0.3 is 0 Å². The summed E-state index contributed by atoms with van der Waals surface area (Å²) in [5, 5.41) is 10.8. The van der Waals surface area contributed by atoms with Crippen LogP contribution in [0, 0.1) is 10.1 Å². The summed E-state index contributed by atoms with van der Waals surface area (Å²) >= 11 is 0. The van der Waals surface area contributed by atoms with E-state index in [1.807, 2.05) is 6.07 Å². The molecule has 0 spiro atoms. The van der Waals surface area contributed by atoms with Crippen molar-refractivity contribution in [1.29, 1.82) is 0 Å². The van der Waals surface area contributed by atoms with Crippen molar-refractivity contribution >= 4 is 5.69 Å². The Morgan fingerprint density at radius 1 is 1.17 bits per heavy atom. The van der Waals surface area contributed by atoms with Gasteiger partial charge in [0.1, 0.15) is 0 Å². The molecule has 3 rings (SSSR count). The van der Waals surface area contributed by atoms with E-state index in [0.29, 0.717) is 6.04 Å². The van der Waals surface area contributed by atoms with Gasteiger partial charge in [-0.25, -0.2) is 0 Å². The maximum absolute atomic E-state index is 10.8. The summed E-state index contributed by atoms with van der Waals surface area (Å²) in [6.07, 6.45) is 5.72. The van der Waals surface area contributed by atoms with Crippen LogP contribution < -0.4 is 0 Å². The Morgan fingerprint density at radius 2 is 1.89 bits per heavy atom. The first-order valence-electron chi connectivity index (χ1n) is 6.74. The summed E-state index contributed by atoms with van der Waals surface area (Å²) in [5.74, 6) is 0. The molecule has 0 saturated carbocycles. The largest absolute Gasteiger partial charge is 0.300 e. The quantitative estimate of drug-likeness (QED) is 0.457. The molecule has 1 aliphatic heterocycles. The highest BCUT2D eigenvalue weighted by atomic mass is 16.6. The molecule has 0 aromatic heterocycles. The minimum atomic E-state index is -0.294. The number of hydrogen-bond acceptors (Lipinski definition) is 3. The third-order valence-corrected chi connectivity index (χ3v) is 4.30. The number of hydrogen-bond donors (Lipinski definition) is 0. The highest BCUT2D eigenvalue weighted by molar-refractivity contribution is 5.40. The third kappa shape index (κ3) is 2.12. The van der Waals surface area contributed by atoms with Crippen molar-refractivity contribution in [2.75, 3.05) is 13.1 Å². The van der Waals surface area contributed by atoms with Gasteiger partial charge in [-0.15, -0.1) is 0 Å². The zero-order chi connectivity index (χ0) is 12.5. The molecule has 0 N–H and O–H groups in total. The Labute approximate surface area is 107 Å². The number of nitrogens with zero attached hydrogens (tertiary/aromatic N) is 2. The van der Waals surface area contributed by atoms with Gasteiger partial charge in [-0.2, -0.15) is 0 Å². The van der Waals surface area contributed by atoms with Gasteiger partial charge in [-0.05, 0) is 56.3 Å². The van der Waals surface area contributed by atoms with E-state index in [9.17, 15) is 10.1 Å². The second-order valence-electron chi connectivity index (χ2n) is 5.33. The molecule has 1 heterocycles. The van der Waals surface area contributed by atoms with Crippen LogP contribution in [-0.2, 0) is 12.8 Å². The normalized spacial score (nSPS) is 23.9. The van der Waals surface area contributed by atoms with Gasteiger partial charge in [0.05, 0.1) is 4.92 Å². The molecule has 1 atom stereocenters. The number of benzene rings is 1. The van der Waals surface area contributed by atoms with Crippen LogP contribution in [0.1, 0.15) is 30.4 Å². The monoisotopic (exact) mass is 246 g/mol. The molecule has 1 aliphatic carbocycles. The Hall–Kier alpha value is -1.42. The number of aryl methyl sites for hydroxylation is 2. The highest BCUT2D eigenvalue weighted by Crippen LogP contribution is 2.28. The fourth-order valence-corrected chi connectivity index (χ4v) is 3.06. The van der Waals surface area contributed by atoms with Crippen molar-refractivity contribution in [3.05, 3.63) is 39.4 Å². The van der Waals surface area contributed by atoms with E-state index in [4.69, 9.17) is 0 Å². The minimum Gasteiger partial charge on any atom is -0.300 e. The maximum Gasteiger partial charge on any atom is 0.269 e. The lowest BCUT2D eigenvalue weighted by atomic mass is 10.0. The summed E-state index contributed by atoms with van der Waals surface area (Å²) in [7, 11) is 0. The Kier molecular flexibility index (Phi) is 3.04. The zero-order valence-corrected chi connectivity index (χ0v) is 10.5. The van der Waals surface area contributed by atoms with Crippen molar-refractivity contribution in [3.8, 4) is 0 Å². The molecule has 4 nitrogen and oxygen atoms in total. The third-order valence-electron chi connectivity index (χ3n) is 4.30. The minimum absolute atomic E-state index is 0.233. The number of likely N-dealkylation sites (tertiary alicyclic amines) is 1. The molecule has 4 heteroatoms. The van der Waals surface area contributed by atoms with Crippen molar-refractivity contribution in [2.45, 2.75) is 38.1 Å². The predicted octanol–water partition coefficient (Wildman–Crippen LogP) is 2.55. The lowest BCUT2D eigenvalue weighted by Gasteiger charge is -2.38. The first-order chi connectivity index (χ1) is 8.74. The Balaban J connectivity index is 1.78. The van der Waals surface area contributed by atoms with Gasteiger partial charge in [0.15, 0.2) is 0 Å². The first kappa shape index (κ1) is 11.7. The summed E-state index contributed by atoms with van der Waals surface area (Å²) < 4.78 is 0. The molecule has 0 radical (unpaired) electrons. The summed E-state index contributed by atoms with van der Waals surface area (Å²) in [4.78, 5) is 13.1. The molecule has 96 valence electrons. The highest BCUT2D eigenvalue weighted by Gasteiger charge is 2.26. The average Bonchev–Trinajstić information content (AvgIpc) is 2.49. The maximum atomic E-state index is 10.8. The van der Waals surface area contributed by atoms with E-state index in [-0.39, 0.29) is 10.6 Å². The van der Waals surface area contributed by atoms with E-state index in [0.717, 1.165) is 19.3 Å². The molecular weight excluding hydrogens is 228 g/mol. The van der Waals surface area contributed by atoms with Crippen LogP contribution in [0.5, 0.6) is 0 Å². The number of rotatable bonds is 2. The number of nitro benzene ring substituents is 1. The zero-order valence-electron chi connectivity index (χ0n) is 10.5. The van der Waals surface area contributed by atoms with Gasteiger partial charge < -0.3 is 4.90 Å². The molecule has 1 aromatic carbocycles. The summed E-state index contributed by atoms with van der Waals surface area (Å²) in [5.41, 5.74) is 2.73. The van der Waals surface area contributed by atoms with Gasteiger partial charge in [0, 0.05) is 18.2 Å². The van der Waals surface area contributed by atoms with Gasteiger partial charge in [0.2, 0.25) is 0 Å². The van der Waals surface area contributed by atoms with E-state index in [2.05, 4.69) is 4.90 Å². The van der Waals surface area contributed by atoms with E-state index >= 15 is 0 Å². The molecule has 18 heavy (non-hydrogen) atoms. The molecule has 0 amide bonds. The molecule has 2 aliphatic rings. The van der Waals surface area contributed by atoms with Crippen LogP contribution in [0.3, 0.4) is 0 Å². The van der Waals surface area contributed by atoms with Crippen molar-refractivity contribution in [1.82, 2.24) is 4.90 Å². The summed E-state index contributed by atoms with van der Waals surface area (Å²) in [6, 6.07) is 6.05. The van der Waals surface area contributed by atoms with Gasteiger partial charge in [-0.3, -0.25) is 10.1 Å². The first-order valence-corrected chi connectivity index (χ1v) is 6.74. The van der Waals surface area contributed by atoms with Gasteiger partial charge in [0.25, 0.3) is 5.69 Å². The SMILES string of the molecule is O=[N+]([O-])c1ccc2c(c1)CCC(N1CCC1)CC2. The van der Waals surface area contributed by atoms with Crippen LogP contribution in [-0.4, -0.2) is 29.0 Å². The number of fused-ring (bicyclic) bond motifs is 1. The average molecular weight is 246 g/mol. The van der Waals surface area contributed by atoms with E-state index < -0.39 is 0 Å². The second-order valence-corrected chi connectivity index (χ2v) is 5.33. The fourth-order valence-electron chi connectivity index (χ4n) is 3.06. The van der Waals surface area contributed by atoms with Crippen molar-refractivity contribution in [3.63, 3.8) is 0 Å². The standard InChI is InChI=1S/C14H18N2O2/c17-16(18)14-7-3-11-2-5-13(15-8-1-9-15)6-4-12(11)10-14/h3,7,10,13H,1-2,4-6,8-9H2. The predicted molar refractivity (Wildman–Crippen MR) is 69.7 cm³/mol. The fraction of sp³-hybridized carbons (Fsp3) is 0.571. The smallest absolute Gasteiger partial charge is 0.269 e. The summed E-state index contributed by atoms with van der Waals surface area (Å²) in [6.45, 7) is 2.47. The molecule has 1 aromatic rings. The molecule has 1 saturated heterocycles. The van der Waals surface area contributed by atoms with Crippen LogP contribution in [0.4, 0.5) is 5.69 Å². The topological polar surface area (TPSA) is 46.4 Å². The number of non-ortho nitro benzene ring substituents is 1. The van der Waals surface area contributed by atoms with Crippen LogP contribution in [0.15, 0.2) is 18.2 Å². The van der Waals surface area contributed by atoms with E-state index in [1.165, 1.54) is 37.1 Å². The second kappa shape index (κ2) is 4.69. The number of nitro groups is 1. The van der Waals surface area contributed by atoms with Crippen molar-refractivity contribution in [2.24, 2.45) is 0 Å². The van der Waals surface area contributed by atoms with Crippen LogP contribution in [0.2, 0.25) is 0 Å². The molecular formula is C14H18N2O2. The molecule has 1 unspecified atom stereocenters. The van der Waals surface area contributed by atoms with Gasteiger partial charge in [-0.1, -0.05) is 6.07 Å². The van der Waals surface area contributed by atoms with Crippen LogP contribution >= 0.6 is 0 Å². The molecule has 1 fully saturated rings. The lowest BCUT2D eigenvalue weighted by molar-refractivity contribution is -0.384. The van der Waals surface area contributed by atoms with Crippen LogP contribution in [0.25, 0.3) is 0 Å².